The molecule has 3 N–H and O–H groups in total. The number of aromatic nitrogens is 6. The van der Waals surface area contributed by atoms with Crippen LogP contribution in [-0.4, -0.2) is 50.0 Å². The first-order valence-corrected chi connectivity index (χ1v) is 8.89. The van der Waals surface area contributed by atoms with Gasteiger partial charge in [0.2, 0.25) is 5.82 Å². The molecular weight excluding hydrogens is 370 g/mol. The van der Waals surface area contributed by atoms with E-state index in [1.54, 1.807) is 18.2 Å². The second kappa shape index (κ2) is 7.50. The predicted octanol–water partition coefficient (Wildman–Crippen LogP) is 1.36. The minimum Gasteiger partial charge on any atom is -0.364 e. The summed E-state index contributed by atoms with van der Waals surface area (Å²) in [6.45, 7) is 0.577. The summed E-state index contributed by atoms with van der Waals surface area (Å²) < 4.78 is 1.37. The third kappa shape index (κ3) is 3.55. The fourth-order valence-electron chi connectivity index (χ4n) is 2.89. The molecule has 0 spiro atoms. The molecule has 4 rings (SSSR count). The van der Waals surface area contributed by atoms with Crippen LogP contribution in [0.5, 0.6) is 0 Å². The quantitative estimate of drug-likeness (QED) is 0.506. The van der Waals surface area contributed by atoms with Crippen molar-refractivity contribution in [2.24, 2.45) is 5.73 Å². The fraction of sp³-hybridized carbons (Fsp3) is 0.158. The van der Waals surface area contributed by atoms with Gasteiger partial charge in [0.25, 0.3) is 5.91 Å². The second-order valence-corrected chi connectivity index (χ2v) is 6.55. The third-order valence-corrected chi connectivity index (χ3v) is 4.30. The number of nitrogens with one attached hydrogen (secondary N) is 1. The number of amides is 1. The van der Waals surface area contributed by atoms with Crippen molar-refractivity contribution in [2.45, 2.75) is 6.54 Å². The molecule has 10 heteroatoms. The van der Waals surface area contributed by atoms with Crippen molar-refractivity contribution in [1.29, 1.82) is 0 Å². The molecule has 10 nitrogen and oxygen atoms in total. The van der Waals surface area contributed by atoms with Gasteiger partial charge in [-0.2, -0.15) is 0 Å². The number of nitrogens with two attached hydrogens (primary N) is 1. The zero-order valence-electron chi connectivity index (χ0n) is 15.9. The average Bonchev–Trinajstić information content (AvgIpc) is 3.16. The summed E-state index contributed by atoms with van der Waals surface area (Å²) in [5.41, 5.74) is 7.72. The van der Waals surface area contributed by atoms with Crippen molar-refractivity contribution < 1.29 is 4.79 Å². The van der Waals surface area contributed by atoms with Crippen LogP contribution in [0.1, 0.15) is 16.1 Å². The Hall–Kier alpha value is -4.08. The van der Waals surface area contributed by atoms with Gasteiger partial charge in [0.15, 0.2) is 17.3 Å². The average molecular weight is 389 g/mol. The first-order chi connectivity index (χ1) is 14.0. The van der Waals surface area contributed by atoms with Gasteiger partial charge in [-0.05, 0) is 17.7 Å². The number of hydrogen-bond acceptors (Lipinski definition) is 8. The molecule has 1 amide bonds. The van der Waals surface area contributed by atoms with Gasteiger partial charge in [-0.3, -0.25) is 4.79 Å². The number of benzene rings is 1. The molecule has 0 aliphatic carbocycles. The molecule has 0 bridgehead atoms. The Kier molecular flexibility index (Phi) is 4.73. The number of hydrogen-bond donors (Lipinski definition) is 2. The van der Waals surface area contributed by atoms with Crippen LogP contribution in [0.3, 0.4) is 0 Å². The minimum absolute atomic E-state index is 0.224. The number of anilines is 2. The summed E-state index contributed by atoms with van der Waals surface area (Å²) in [5, 5.41) is 20.0. The first-order valence-electron chi connectivity index (χ1n) is 8.89. The minimum atomic E-state index is -0.598. The van der Waals surface area contributed by atoms with E-state index in [9.17, 15) is 4.79 Å². The molecule has 4 aromatic rings. The van der Waals surface area contributed by atoms with E-state index < -0.39 is 5.91 Å². The van der Waals surface area contributed by atoms with Gasteiger partial charge in [-0.15, -0.1) is 15.3 Å². The fourth-order valence-corrected chi connectivity index (χ4v) is 2.89. The topological polar surface area (TPSA) is 127 Å². The summed E-state index contributed by atoms with van der Waals surface area (Å²) in [7, 11) is 3.73. The maximum absolute atomic E-state index is 11.6. The number of nitrogens with zero attached hydrogens (tertiary/aromatic N) is 7. The third-order valence-electron chi connectivity index (χ3n) is 4.30. The van der Waals surface area contributed by atoms with Gasteiger partial charge in [0.1, 0.15) is 5.69 Å². The molecule has 3 aromatic heterocycles. The molecule has 0 saturated heterocycles. The largest absolute Gasteiger partial charge is 0.364 e. The molecule has 1 aromatic carbocycles. The monoisotopic (exact) mass is 389 g/mol. The molecule has 29 heavy (non-hydrogen) atoms. The van der Waals surface area contributed by atoms with E-state index in [2.05, 4.69) is 30.8 Å². The summed E-state index contributed by atoms with van der Waals surface area (Å²) in [6.07, 6.45) is 0. The van der Waals surface area contributed by atoms with E-state index in [0.29, 0.717) is 35.2 Å². The maximum atomic E-state index is 11.6. The van der Waals surface area contributed by atoms with Crippen molar-refractivity contribution in [3.63, 3.8) is 0 Å². The Bertz CT molecular complexity index is 1170. The SMILES string of the molecule is CN(C)c1nnc(-c2nnn3c(C(N)=O)cccc23)nc1NCc1ccccc1. The molecule has 0 atom stereocenters. The van der Waals surface area contributed by atoms with Crippen LogP contribution in [0.15, 0.2) is 48.5 Å². The number of carbonyl (C=O) groups is 1. The second-order valence-electron chi connectivity index (χ2n) is 6.55. The standard InChI is InChI=1S/C19H19N9O/c1-27(2)19-18(21-11-12-7-4-3-5-8-12)22-17(24-25-19)15-13-9-6-10-14(16(20)29)28(13)26-23-15/h3-10H,11H2,1-2H3,(H2,20,29)(H,21,22,24). The molecule has 0 radical (unpaired) electrons. The van der Waals surface area contributed by atoms with Crippen LogP contribution < -0.4 is 16.0 Å². The van der Waals surface area contributed by atoms with Gasteiger partial charge in [-0.1, -0.05) is 41.6 Å². The molecule has 3 heterocycles. The Morgan fingerprint density at radius 3 is 2.59 bits per heavy atom. The van der Waals surface area contributed by atoms with Crippen molar-refractivity contribution in [1.82, 2.24) is 30.0 Å². The lowest BCUT2D eigenvalue weighted by Crippen LogP contribution is -2.17. The Morgan fingerprint density at radius 2 is 1.86 bits per heavy atom. The van der Waals surface area contributed by atoms with Crippen molar-refractivity contribution in [2.75, 3.05) is 24.3 Å². The first kappa shape index (κ1) is 18.3. The lowest BCUT2D eigenvalue weighted by molar-refractivity contribution is 0.0993. The van der Waals surface area contributed by atoms with E-state index in [1.165, 1.54) is 4.52 Å². The number of rotatable bonds is 6. The highest BCUT2D eigenvalue weighted by molar-refractivity contribution is 5.92. The van der Waals surface area contributed by atoms with E-state index in [1.807, 2.05) is 49.3 Å². The molecule has 146 valence electrons. The summed E-state index contributed by atoms with van der Waals surface area (Å²) in [5.74, 6) is 0.858. The van der Waals surface area contributed by atoms with Crippen molar-refractivity contribution >= 4 is 23.1 Å². The predicted molar refractivity (Wildman–Crippen MR) is 108 cm³/mol. The van der Waals surface area contributed by atoms with Gasteiger partial charge >= 0.3 is 0 Å². The molecule has 0 unspecified atom stereocenters. The van der Waals surface area contributed by atoms with Crippen LogP contribution in [0.2, 0.25) is 0 Å². The van der Waals surface area contributed by atoms with E-state index in [-0.39, 0.29) is 5.69 Å². The number of fused-ring (bicyclic) bond motifs is 1. The summed E-state index contributed by atoms with van der Waals surface area (Å²) >= 11 is 0. The highest BCUT2D eigenvalue weighted by Crippen LogP contribution is 2.24. The number of carbonyl (C=O) groups excluding carboxylic acids is 1. The van der Waals surface area contributed by atoms with Gasteiger partial charge in [-0.25, -0.2) is 9.50 Å². The van der Waals surface area contributed by atoms with E-state index in [0.717, 1.165) is 5.56 Å². The van der Waals surface area contributed by atoms with Crippen LogP contribution >= 0.6 is 0 Å². The van der Waals surface area contributed by atoms with E-state index >= 15 is 0 Å². The normalized spacial score (nSPS) is 10.8. The Morgan fingerprint density at radius 1 is 1.07 bits per heavy atom. The van der Waals surface area contributed by atoms with Crippen LogP contribution in [0.4, 0.5) is 11.6 Å². The van der Waals surface area contributed by atoms with Crippen LogP contribution in [0.25, 0.3) is 17.0 Å². The molecule has 0 fully saturated rings. The zero-order chi connectivity index (χ0) is 20.4. The molecule has 0 saturated carbocycles. The number of primary amides is 1. The highest BCUT2D eigenvalue weighted by Gasteiger charge is 2.18. The van der Waals surface area contributed by atoms with Crippen LogP contribution in [-0.2, 0) is 6.54 Å². The van der Waals surface area contributed by atoms with Crippen LogP contribution in [0, 0.1) is 0 Å². The van der Waals surface area contributed by atoms with E-state index in [4.69, 9.17) is 5.73 Å². The highest BCUT2D eigenvalue weighted by atomic mass is 16.1. The van der Waals surface area contributed by atoms with Gasteiger partial charge < -0.3 is 16.0 Å². The lowest BCUT2D eigenvalue weighted by Gasteiger charge is -2.16. The molecule has 0 aliphatic rings. The maximum Gasteiger partial charge on any atom is 0.267 e. The molecular formula is C19H19N9O. The van der Waals surface area contributed by atoms with Gasteiger partial charge in [0.05, 0.1) is 5.52 Å². The zero-order valence-corrected chi connectivity index (χ0v) is 15.9. The summed E-state index contributed by atoms with van der Waals surface area (Å²) in [4.78, 5) is 18.1. The molecule has 0 aliphatic heterocycles. The summed E-state index contributed by atoms with van der Waals surface area (Å²) in [6, 6.07) is 15.0. The smallest absolute Gasteiger partial charge is 0.267 e. The van der Waals surface area contributed by atoms with Gasteiger partial charge in [0, 0.05) is 20.6 Å². The number of pyridine rings is 1. The Labute approximate surface area is 166 Å². The van der Waals surface area contributed by atoms with Crippen molar-refractivity contribution in [3.8, 4) is 11.5 Å². The van der Waals surface area contributed by atoms with Crippen molar-refractivity contribution in [3.05, 3.63) is 59.8 Å². The Balaban J connectivity index is 1.74. The lowest BCUT2D eigenvalue weighted by atomic mass is 10.2.